The van der Waals surface area contributed by atoms with Crippen LogP contribution in [-0.2, 0) is 0 Å². The van der Waals surface area contributed by atoms with Gasteiger partial charge in [0.05, 0.1) is 16.7 Å². The molecule has 1 N–H and O–H groups in total. The van der Waals surface area contributed by atoms with Gasteiger partial charge >= 0.3 is 0 Å². The van der Waals surface area contributed by atoms with Gasteiger partial charge in [0.15, 0.2) is 5.82 Å². The van der Waals surface area contributed by atoms with Gasteiger partial charge in [0, 0.05) is 17.2 Å². The van der Waals surface area contributed by atoms with Crippen LogP contribution in [0.2, 0.25) is 5.02 Å². The molecule has 9 heteroatoms. The molecule has 0 aliphatic heterocycles. The summed E-state index contributed by atoms with van der Waals surface area (Å²) in [6.07, 6.45) is 0. The largest absolute Gasteiger partial charge is 0.307 e. The molecule has 0 aliphatic rings. The molecule has 1 aromatic heterocycles. The fourth-order valence-corrected chi connectivity index (χ4v) is 2.61. The van der Waals surface area contributed by atoms with E-state index in [0.717, 1.165) is 0 Å². The topological polar surface area (TPSA) is 98.8 Å². The second kappa shape index (κ2) is 6.73. The number of benzene rings is 2. The molecule has 24 heavy (non-hydrogen) atoms. The third kappa shape index (κ3) is 3.10. The lowest BCUT2D eigenvalue weighted by Gasteiger charge is -2.16. The highest BCUT2D eigenvalue weighted by Crippen LogP contribution is 2.25. The predicted molar refractivity (Wildman–Crippen MR) is 88.2 cm³/mol. The second-order valence-electron chi connectivity index (χ2n) is 5.00. The van der Waals surface area contributed by atoms with Crippen molar-refractivity contribution in [3.8, 4) is 5.69 Å². The average molecular weight is 345 g/mol. The standard InChI is InChI=1S/C15H13ClN6O2/c1-17-14(10-4-2-7-13(8-10)22(23)24)15-18-19-20-21(15)12-6-3-5-11(16)9-12/h2-9,14,17H,1H3/t14-/m0/s1. The van der Waals surface area contributed by atoms with E-state index in [2.05, 4.69) is 20.8 Å². The number of nitrogens with one attached hydrogen (secondary N) is 1. The Morgan fingerprint density at radius 1 is 1.25 bits per heavy atom. The third-order valence-electron chi connectivity index (χ3n) is 3.51. The van der Waals surface area contributed by atoms with Gasteiger partial charge in [-0.15, -0.1) is 5.10 Å². The minimum absolute atomic E-state index is 0.00882. The minimum atomic E-state index is -0.434. The Morgan fingerprint density at radius 2 is 2.04 bits per heavy atom. The fourth-order valence-electron chi connectivity index (χ4n) is 2.43. The molecule has 0 unspecified atom stereocenters. The highest BCUT2D eigenvalue weighted by molar-refractivity contribution is 6.30. The first-order chi connectivity index (χ1) is 11.6. The lowest BCUT2D eigenvalue weighted by Crippen LogP contribution is -2.22. The molecule has 3 aromatic rings. The number of nitro groups is 1. The summed E-state index contributed by atoms with van der Waals surface area (Å²) in [5.41, 5.74) is 1.40. The SMILES string of the molecule is CN[C@@H](c1cccc([N+](=O)[O-])c1)c1nnnn1-c1cccc(Cl)c1. The molecule has 1 atom stereocenters. The Kier molecular flexibility index (Phi) is 4.50. The third-order valence-corrected chi connectivity index (χ3v) is 3.74. The summed E-state index contributed by atoms with van der Waals surface area (Å²) in [5, 5.41) is 26.5. The number of aromatic nitrogens is 4. The molecule has 3 rings (SSSR count). The number of nitro benzene ring substituents is 1. The monoisotopic (exact) mass is 344 g/mol. The van der Waals surface area contributed by atoms with Crippen molar-refractivity contribution in [1.29, 1.82) is 0 Å². The first-order valence-corrected chi connectivity index (χ1v) is 7.44. The van der Waals surface area contributed by atoms with Gasteiger partial charge in [-0.3, -0.25) is 10.1 Å². The number of non-ortho nitro benzene ring substituents is 1. The predicted octanol–water partition coefficient (Wildman–Crippen LogP) is 2.53. The number of halogens is 1. The zero-order valence-electron chi connectivity index (χ0n) is 12.6. The van der Waals surface area contributed by atoms with Gasteiger partial charge < -0.3 is 5.32 Å². The lowest BCUT2D eigenvalue weighted by atomic mass is 10.1. The summed E-state index contributed by atoms with van der Waals surface area (Å²) in [4.78, 5) is 10.6. The molecule has 0 amide bonds. The highest BCUT2D eigenvalue weighted by atomic mass is 35.5. The Labute approximate surface area is 142 Å². The van der Waals surface area contributed by atoms with Crippen molar-refractivity contribution in [3.05, 3.63) is 75.1 Å². The molecule has 1 heterocycles. The van der Waals surface area contributed by atoms with Crippen LogP contribution in [0.3, 0.4) is 0 Å². The summed E-state index contributed by atoms with van der Waals surface area (Å²) >= 11 is 6.03. The van der Waals surface area contributed by atoms with Gasteiger partial charge in [-0.2, -0.15) is 4.68 Å². The first kappa shape index (κ1) is 16.0. The molecule has 122 valence electrons. The van der Waals surface area contributed by atoms with Crippen LogP contribution in [0, 0.1) is 10.1 Å². The van der Waals surface area contributed by atoms with Crippen LogP contribution < -0.4 is 5.32 Å². The Hall–Kier alpha value is -2.84. The van der Waals surface area contributed by atoms with Crippen LogP contribution in [0.5, 0.6) is 0 Å². The van der Waals surface area contributed by atoms with Gasteiger partial charge in [0.25, 0.3) is 5.69 Å². The van der Waals surface area contributed by atoms with Gasteiger partial charge in [-0.05, 0) is 41.2 Å². The van der Waals surface area contributed by atoms with Crippen LogP contribution in [0.1, 0.15) is 17.4 Å². The number of hydrogen-bond donors (Lipinski definition) is 1. The van der Waals surface area contributed by atoms with Crippen molar-refractivity contribution < 1.29 is 4.92 Å². The zero-order valence-corrected chi connectivity index (χ0v) is 13.4. The maximum absolute atomic E-state index is 11.0. The molecule has 2 aromatic carbocycles. The van der Waals surface area contributed by atoms with E-state index in [1.807, 2.05) is 6.07 Å². The van der Waals surface area contributed by atoms with E-state index >= 15 is 0 Å². The van der Waals surface area contributed by atoms with Crippen molar-refractivity contribution in [1.82, 2.24) is 25.5 Å². The van der Waals surface area contributed by atoms with Crippen molar-refractivity contribution in [3.63, 3.8) is 0 Å². The maximum atomic E-state index is 11.0. The van der Waals surface area contributed by atoms with E-state index in [-0.39, 0.29) is 5.69 Å². The second-order valence-corrected chi connectivity index (χ2v) is 5.44. The van der Waals surface area contributed by atoms with E-state index in [1.54, 1.807) is 42.1 Å². The van der Waals surface area contributed by atoms with Gasteiger partial charge in [0.1, 0.15) is 0 Å². The molecular weight excluding hydrogens is 332 g/mol. The van der Waals surface area contributed by atoms with Gasteiger partial charge in [-0.1, -0.05) is 29.8 Å². The summed E-state index contributed by atoms with van der Waals surface area (Å²) in [5.74, 6) is 0.500. The summed E-state index contributed by atoms with van der Waals surface area (Å²) < 4.78 is 1.55. The average Bonchev–Trinajstić information content (AvgIpc) is 3.05. The molecule has 8 nitrogen and oxygen atoms in total. The Balaban J connectivity index is 2.06. The normalized spacial score (nSPS) is 12.1. The molecule has 0 spiro atoms. The van der Waals surface area contributed by atoms with Crippen LogP contribution >= 0.6 is 11.6 Å². The van der Waals surface area contributed by atoms with Crippen molar-refractivity contribution in [2.24, 2.45) is 0 Å². The molecule has 0 fully saturated rings. The smallest absolute Gasteiger partial charge is 0.269 e. The highest BCUT2D eigenvalue weighted by Gasteiger charge is 2.22. The summed E-state index contributed by atoms with van der Waals surface area (Å²) in [6.45, 7) is 0. The van der Waals surface area contributed by atoms with Crippen LogP contribution in [0.15, 0.2) is 48.5 Å². The quantitative estimate of drug-likeness (QED) is 0.564. The number of nitrogens with zero attached hydrogens (tertiary/aromatic N) is 5. The van der Waals surface area contributed by atoms with Crippen LogP contribution in [0.4, 0.5) is 5.69 Å². The van der Waals surface area contributed by atoms with E-state index in [0.29, 0.717) is 22.1 Å². The molecule has 0 saturated heterocycles. The van der Waals surface area contributed by atoms with Crippen molar-refractivity contribution >= 4 is 17.3 Å². The van der Waals surface area contributed by atoms with E-state index in [9.17, 15) is 10.1 Å². The van der Waals surface area contributed by atoms with Gasteiger partial charge in [0.2, 0.25) is 0 Å². The molecule has 0 bridgehead atoms. The fraction of sp³-hybridized carbons (Fsp3) is 0.133. The summed E-state index contributed by atoms with van der Waals surface area (Å²) in [6, 6.07) is 13.0. The molecule has 0 aliphatic carbocycles. The lowest BCUT2D eigenvalue weighted by molar-refractivity contribution is -0.384. The summed E-state index contributed by atoms with van der Waals surface area (Å²) in [7, 11) is 1.74. The Morgan fingerprint density at radius 3 is 2.75 bits per heavy atom. The number of hydrogen-bond acceptors (Lipinski definition) is 6. The molecule has 0 saturated carbocycles. The minimum Gasteiger partial charge on any atom is -0.307 e. The van der Waals surface area contributed by atoms with Crippen molar-refractivity contribution in [2.45, 2.75) is 6.04 Å². The molecule has 0 radical (unpaired) electrons. The zero-order chi connectivity index (χ0) is 17.1. The number of rotatable bonds is 5. The van der Waals surface area contributed by atoms with E-state index < -0.39 is 11.0 Å². The van der Waals surface area contributed by atoms with Crippen LogP contribution in [-0.4, -0.2) is 32.2 Å². The van der Waals surface area contributed by atoms with Crippen LogP contribution in [0.25, 0.3) is 5.69 Å². The first-order valence-electron chi connectivity index (χ1n) is 7.06. The molecular formula is C15H13ClN6O2. The van der Waals surface area contributed by atoms with Gasteiger partial charge in [-0.25, -0.2) is 0 Å². The van der Waals surface area contributed by atoms with E-state index in [1.165, 1.54) is 12.1 Å². The van der Waals surface area contributed by atoms with E-state index in [4.69, 9.17) is 11.6 Å². The number of tetrazole rings is 1. The van der Waals surface area contributed by atoms with Crippen molar-refractivity contribution in [2.75, 3.05) is 7.05 Å². The maximum Gasteiger partial charge on any atom is 0.269 e. The Bertz CT molecular complexity index is 882.